The van der Waals surface area contributed by atoms with Crippen LogP contribution in [0.4, 0.5) is 4.79 Å². The van der Waals surface area contributed by atoms with Crippen molar-refractivity contribution in [3.63, 3.8) is 0 Å². The first-order valence-electron chi connectivity index (χ1n) is 8.50. The molecular weight excluding hydrogens is 296 g/mol. The molecule has 130 valence electrons. The highest BCUT2D eigenvalue weighted by Gasteiger charge is 2.31. The number of hydrogen-bond donors (Lipinski definition) is 3. The Bertz CT molecular complexity index is 456. The molecule has 0 bridgehead atoms. The number of nitrogens with zero attached hydrogens (tertiary/aromatic N) is 1. The molecule has 0 aromatic heterocycles. The Labute approximate surface area is 137 Å². The molecule has 4 amide bonds. The summed E-state index contributed by atoms with van der Waals surface area (Å²) >= 11 is 0. The summed E-state index contributed by atoms with van der Waals surface area (Å²) in [6, 6.07) is -1.26. The molecule has 0 radical (unpaired) electrons. The molecule has 1 atom stereocenters. The zero-order chi connectivity index (χ0) is 16.9. The first kappa shape index (κ1) is 17.7. The lowest BCUT2D eigenvalue weighted by atomic mass is 10.0. The van der Waals surface area contributed by atoms with E-state index in [-0.39, 0.29) is 23.8 Å². The van der Waals surface area contributed by atoms with Crippen molar-refractivity contribution in [1.29, 1.82) is 0 Å². The molecule has 2 aliphatic rings. The standard InChI is InChI=1S/C16H28N4O3/c1-16(2,11-20-9-5-3-4-6-10-20)19-14(22)12-7-8-13(21)18-15(23)17-12/h12H,3-11H2,1-2H3,(H,19,22)(H2,17,18,21,23)/t12-/m0/s1. The average molecular weight is 324 g/mol. The van der Waals surface area contributed by atoms with Crippen LogP contribution in [0.2, 0.25) is 0 Å². The molecule has 0 spiro atoms. The van der Waals surface area contributed by atoms with Gasteiger partial charge in [-0.15, -0.1) is 0 Å². The minimum absolute atomic E-state index is 0.170. The van der Waals surface area contributed by atoms with Crippen LogP contribution >= 0.6 is 0 Å². The highest BCUT2D eigenvalue weighted by Crippen LogP contribution is 2.14. The molecular formula is C16H28N4O3. The molecule has 3 N–H and O–H groups in total. The van der Waals surface area contributed by atoms with E-state index in [1.54, 1.807) is 0 Å². The molecule has 7 heteroatoms. The van der Waals surface area contributed by atoms with Crippen molar-refractivity contribution in [3.05, 3.63) is 0 Å². The highest BCUT2D eigenvalue weighted by molar-refractivity contribution is 5.98. The number of nitrogens with one attached hydrogen (secondary N) is 3. The first-order chi connectivity index (χ1) is 10.9. The van der Waals surface area contributed by atoms with Gasteiger partial charge >= 0.3 is 6.03 Å². The number of likely N-dealkylation sites (tertiary alicyclic amines) is 1. The largest absolute Gasteiger partial charge is 0.348 e. The molecule has 0 aromatic rings. The summed E-state index contributed by atoms with van der Waals surface area (Å²) in [5.74, 6) is -0.573. The van der Waals surface area contributed by atoms with E-state index in [9.17, 15) is 14.4 Å². The fourth-order valence-electron chi connectivity index (χ4n) is 3.24. The molecule has 2 saturated heterocycles. The summed E-state index contributed by atoms with van der Waals surface area (Å²) < 4.78 is 0. The van der Waals surface area contributed by atoms with Gasteiger partial charge in [0.05, 0.1) is 0 Å². The molecule has 2 fully saturated rings. The second kappa shape index (κ2) is 7.77. The third-order valence-electron chi connectivity index (χ3n) is 4.31. The Balaban J connectivity index is 1.88. The summed E-state index contributed by atoms with van der Waals surface area (Å²) in [7, 11) is 0. The summed E-state index contributed by atoms with van der Waals surface area (Å²) in [5.41, 5.74) is -0.379. The summed E-state index contributed by atoms with van der Waals surface area (Å²) in [4.78, 5) is 37.7. The maximum absolute atomic E-state index is 12.4. The Morgan fingerprint density at radius 3 is 2.52 bits per heavy atom. The van der Waals surface area contributed by atoms with E-state index < -0.39 is 12.1 Å². The Morgan fingerprint density at radius 2 is 1.87 bits per heavy atom. The first-order valence-corrected chi connectivity index (χ1v) is 8.50. The highest BCUT2D eigenvalue weighted by atomic mass is 16.2. The van der Waals surface area contributed by atoms with Crippen LogP contribution in [-0.2, 0) is 9.59 Å². The van der Waals surface area contributed by atoms with Crippen LogP contribution in [0.15, 0.2) is 0 Å². The maximum atomic E-state index is 12.4. The van der Waals surface area contributed by atoms with Crippen LogP contribution in [0.25, 0.3) is 0 Å². The van der Waals surface area contributed by atoms with Crippen LogP contribution < -0.4 is 16.0 Å². The van der Waals surface area contributed by atoms with Crippen molar-refractivity contribution >= 4 is 17.8 Å². The van der Waals surface area contributed by atoms with Crippen molar-refractivity contribution in [2.75, 3.05) is 19.6 Å². The van der Waals surface area contributed by atoms with E-state index in [1.165, 1.54) is 25.7 Å². The average Bonchev–Trinajstić information content (AvgIpc) is 2.78. The number of imide groups is 1. The van der Waals surface area contributed by atoms with Gasteiger partial charge < -0.3 is 15.5 Å². The van der Waals surface area contributed by atoms with Crippen LogP contribution in [0, 0.1) is 0 Å². The third kappa shape index (κ3) is 5.82. The van der Waals surface area contributed by atoms with Gasteiger partial charge in [-0.05, 0) is 46.2 Å². The van der Waals surface area contributed by atoms with E-state index in [2.05, 4.69) is 20.9 Å². The molecule has 2 aliphatic heterocycles. The molecule has 2 heterocycles. The lowest BCUT2D eigenvalue weighted by Gasteiger charge is -2.34. The fraction of sp³-hybridized carbons (Fsp3) is 0.812. The number of amides is 4. The van der Waals surface area contributed by atoms with Gasteiger partial charge in [0, 0.05) is 18.5 Å². The second-order valence-corrected chi connectivity index (χ2v) is 7.18. The topological polar surface area (TPSA) is 90.5 Å². The Morgan fingerprint density at radius 1 is 1.22 bits per heavy atom. The summed E-state index contributed by atoms with van der Waals surface area (Å²) in [6.45, 7) is 6.92. The Kier molecular flexibility index (Phi) is 5.98. The lowest BCUT2D eigenvalue weighted by molar-refractivity contribution is -0.124. The van der Waals surface area contributed by atoms with Gasteiger partial charge in [-0.3, -0.25) is 14.9 Å². The van der Waals surface area contributed by atoms with Crippen molar-refractivity contribution in [2.24, 2.45) is 0 Å². The van der Waals surface area contributed by atoms with E-state index in [0.29, 0.717) is 6.42 Å². The molecule has 0 aromatic carbocycles. The zero-order valence-corrected chi connectivity index (χ0v) is 14.1. The van der Waals surface area contributed by atoms with Crippen molar-refractivity contribution in [1.82, 2.24) is 20.9 Å². The van der Waals surface area contributed by atoms with E-state index in [1.807, 2.05) is 13.8 Å². The fourth-order valence-corrected chi connectivity index (χ4v) is 3.24. The Hall–Kier alpha value is -1.63. The van der Waals surface area contributed by atoms with Crippen LogP contribution in [0.5, 0.6) is 0 Å². The predicted octanol–water partition coefficient (Wildman–Crippen LogP) is 0.745. The maximum Gasteiger partial charge on any atom is 0.322 e. The predicted molar refractivity (Wildman–Crippen MR) is 86.8 cm³/mol. The van der Waals surface area contributed by atoms with Crippen LogP contribution in [0.3, 0.4) is 0 Å². The molecule has 23 heavy (non-hydrogen) atoms. The van der Waals surface area contributed by atoms with Crippen LogP contribution in [-0.4, -0.2) is 54.0 Å². The normalized spacial score (nSPS) is 24.2. The van der Waals surface area contributed by atoms with Gasteiger partial charge in [-0.25, -0.2) is 4.79 Å². The van der Waals surface area contributed by atoms with Gasteiger partial charge in [0.25, 0.3) is 0 Å². The second-order valence-electron chi connectivity index (χ2n) is 7.18. The third-order valence-corrected chi connectivity index (χ3v) is 4.31. The number of urea groups is 1. The van der Waals surface area contributed by atoms with Gasteiger partial charge in [-0.1, -0.05) is 12.8 Å². The molecule has 0 unspecified atom stereocenters. The number of rotatable bonds is 4. The molecule has 0 aliphatic carbocycles. The van der Waals surface area contributed by atoms with Crippen molar-refractivity contribution < 1.29 is 14.4 Å². The van der Waals surface area contributed by atoms with Crippen molar-refractivity contribution in [3.8, 4) is 0 Å². The molecule has 2 rings (SSSR count). The number of carbonyl (C=O) groups is 3. The smallest absolute Gasteiger partial charge is 0.322 e. The van der Waals surface area contributed by atoms with E-state index in [0.717, 1.165) is 19.6 Å². The monoisotopic (exact) mass is 324 g/mol. The SMILES string of the molecule is CC(C)(CN1CCCCCC1)NC(=O)[C@@H]1CCC(=O)NC(=O)N1. The van der Waals surface area contributed by atoms with E-state index >= 15 is 0 Å². The van der Waals surface area contributed by atoms with Crippen molar-refractivity contribution in [2.45, 2.75) is 64.0 Å². The molecule has 0 saturated carbocycles. The zero-order valence-electron chi connectivity index (χ0n) is 14.1. The quantitative estimate of drug-likeness (QED) is 0.711. The minimum atomic E-state index is -0.662. The van der Waals surface area contributed by atoms with E-state index in [4.69, 9.17) is 0 Å². The van der Waals surface area contributed by atoms with Gasteiger partial charge in [-0.2, -0.15) is 0 Å². The van der Waals surface area contributed by atoms with Gasteiger partial charge in [0.15, 0.2) is 0 Å². The van der Waals surface area contributed by atoms with Gasteiger partial charge in [0.2, 0.25) is 11.8 Å². The van der Waals surface area contributed by atoms with Crippen LogP contribution in [0.1, 0.15) is 52.4 Å². The lowest BCUT2D eigenvalue weighted by Crippen LogP contribution is -2.57. The molecule has 7 nitrogen and oxygen atoms in total. The number of hydrogen-bond acceptors (Lipinski definition) is 4. The van der Waals surface area contributed by atoms with Gasteiger partial charge in [0.1, 0.15) is 6.04 Å². The summed E-state index contributed by atoms with van der Waals surface area (Å²) in [5, 5.41) is 7.76. The number of carbonyl (C=O) groups excluding carboxylic acids is 3. The minimum Gasteiger partial charge on any atom is -0.348 e. The summed E-state index contributed by atoms with van der Waals surface area (Å²) in [6.07, 6.45) is 5.45.